The standard InChI is InChI=1S/C25H27ClN6O2S/c1-18-16-31(13-14-32(18)24(34)19-7-3-2-4-8-19)22-15-21(26)29-25(30-22)35-17-23(33)28-12-10-20-9-5-6-11-27-20/h2-9,11,15,18H,10,12-14,16-17H2,1H3,(H,28,33). The highest BCUT2D eigenvalue weighted by atomic mass is 35.5. The zero-order valence-electron chi connectivity index (χ0n) is 19.4. The number of nitrogens with one attached hydrogen (secondary N) is 1. The Balaban J connectivity index is 1.30. The van der Waals surface area contributed by atoms with Gasteiger partial charge in [-0.1, -0.05) is 47.6 Å². The van der Waals surface area contributed by atoms with Crippen LogP contribution in [0.2, 0.25) is 5.15 Å². The molecule has 4 rings (SSSR count). The van der Waals surface area contributed by atoms with E-state index in [1.165, 1.54) is 11.8 Å². The van der Waals surface area contributed by atoms with Crippen molar-refractivity contribution in [2.75, 3.05) is 36.8 Å². The number of carbonyl (C=O) groups is 2. The maximum Gasteiger partial charge on any atom is 0.254 e. The lowest BCUT2D eigenvalue weighted by Crippen LogP contribution is -2.54. The number of rotatable bonds is 8. The minimum atomic E-state index is -0.0993. The largest absolute Gasteiger partial charge is 0.355 e. The second-order valence-corrected chi connectivity index (χ2v) is 9.53. The van der Waals surface area contributed by atoms with E-state index in [9.17, 15) is 9.59 Å². The molecule has 3 heterocycles. The highest BCUT2D eigenvalue weighted by Crippen LogP contribution is 2.24. The Hall–Kier alpha value is -3.17. The van der Waals surface area contributed by atoms with Gasteiger partial charge in [0.2, 0.25) is 5.91 Å². The monoisotopic (exact) mass is 510 g/mol. The molecule has 1 atom stereocenters. The Morgan fingerprint density at radius 3 is 2.66 bits per heavy atom. The Morgan fingerprint density at radius 1 is 1.11 bits per heavy atom. The van der Waals surface area contributed by atoms with Crippen molar-refractivity contribution in [1.82, 2.24) is 25.2 Å². The van der Waals surface area contributed by atoms with Gasteiger partial charge < -0.3 is 15.1 Å². The molecule has 1 saturated heterocycles. The zero-order valence-corrected chi connectivity index (χ0v) is 21.0. The summed E-state index contributed by atoms with van der Waals surface area (Å²) in [5.74, 6) is 0.820. The fraction of sp³-hybridized carbons (Fsp3) is 0.320. The highest BCUT2D eigenvalue weighted by molar-refractivity contribution is 7.99. The van der Waals surface area contributed by atoms with E-state index in [1.54, 1.807) is 12.3 Å². The predicted octanol–water partition coefficient (Wildman–Crippen LogP) is 3.33. The second kappa shape index (κ2) is 12.0. The normalized spacial score (nSPS) is 15.7. The maximum absolute atomic E-state index is 12.9. The molecule has 0 spiro atoms. The minimum absolute atomic E-state index is 0.00572. The minimum Gasteiger partial charge on any atom is -0.355 e. The van der Waals surface area contributed by atoms with Crippen molar-refractivity contribution in [3.8, 4) is 0 Å². The molecule has 0 aliphatic carbocycles. The SMILES string of the molecule is CC1CN(c2cc(Cl)nc(SCC(=O)NCCc3ccccn3)n2)CCN1C(=O)c1ccccc1. The summed E-state index contributed by atoms with van der Waals surface area (Å²) in [7, 11) is 0. The van der Waals surface area contributed by atoms with Crippen LogP contribution in [0.25, 0.3) is 0 Å². The molecule has 1 N–H and O–H groups in total. The smallest absolute Gasteiger partial charge is 0.254 e. The fourth-order valence-corrected chi connectivity index (χ4v) is 4.79. The van der Waals surface area contributed by atoms with Crippen molar-refractivity contribution in [1.29, 1.82) is 0 Å². The van der Waals surface area contributed by atoms with Gasteiger partial charge >= 0.3 is 0 Å². The summed E-state index contributed by atoms with van der Waals surface area (Å²) < 4.78 is 0. The third kappa shape index (κ3) is 6.93. The van der Waals surface area contributed by atoms with Crippen LogP contribution < -0.4 is 10.2 Å². The topological polar surface area (TPSA) is 91.3 Å². The lowest BCUT2D eigenvalue weighted by atomic mass is 10.1. The number of hydrogen-bond acceptors (Lipinski definition) is 7. The van der Waals surface area contributed by atoms with Crippen molar-refractivity contribution >= 4 is 41.0 Å². The van der Waals surface area contributed by atoms with E-state index in [-0.39, 0.29) is 23.6 Å². The first kappa shape index (κ1) is 24.9. The molecule has 0 bridgehead atoms. The number of halogens is 1. The van der Waals surface area contributed by atoms with E-state index in [2.05, 4.69) is 25.2 Å². The molecule has 182 valence electrons. The molecule has 2 amide bonds. The van der Waals surface area contributed by atoms with Gasteiger partial charge in [0.1, 0.15) is 11.0 Å². The molecule has 0 radical (unpaired) electrons. The quantitative estimate of drug-likeness (QED) is 0.282. The van der Waals surface area contributed by atoms with Gasteiger partial charge in [0, 0.05) is 62.2 Å². The average Bonchev–Trinajstić information content (AvgIpc) is 2.88. The van der Waals surface area contributed by atoms with Crippen LogP contribution in [0.1, 0.15) is 23.0 Å². The van der Waals surface area contributed by atoms with Crippen LogP contribution in [0.15, 0.2) is 66.0 Å². The first-order valence-electron chi connectivity index (χ1n) is 11.4. The number of hydrogen-bond donors (Lipinski definition) is 1. The lowest BCUT2D eigenvalue weighted by Gasteiger charge is -2.40. The second-order valence-electron chi connectivity index (χ2n) is 8.20. The summed E-state index contributed by atoms with van der Waals surface area (Å²) in [5.41, 5.74) is 1.62. The third-order valence-electron chi connectivity index (χ3n) is 5.66. The molecule has 1 aliphatic heterocycles. The molecule has 2 aromatic heterocycles. The number of amides is 2. The van der Waals surface area contributed by atoms with Gasteiger partial charge in [-0.05, 0) is 31.2 Å². The molecule has 35 heavy (non-hydrogen) atoms. The third-order valence-corrected chi connectivity index (χ3v) is 6.70. The van der Waals surface area contributed by atoms with Crippen LogP contribution in [0.4, 0.5) is 5.82 Å². The molecule has 1 unspecified atom stereocenters. The van der Waals surface area contributed by atoms with Gasteiger partial charge in [-0.2, -0.15) is 0 Å². The Bertz CT molecular complexity index is 1150. The van der Waals surface area contributed by atoms with E-state index >= 15 is 0 Å². The first-order valence-corrected chi connectivity index (χ1v) is 12.8. The van der Waals surface area contributed by atoms with Crippen LogP contribution in [0.5, 0.6) is 0 Å². The van der Waals surface area contributed by atoms with Gasteiger partial charge in [-0.15, -0.1) is 0 Å². The number of thioether (sulfide) groups is 1. The molecular weight excluding hydrogens is 484 g/mol. The first-order chi connectivity index (χ1) is 17.0. The molecule has 10 heteroatoms. The maximum atomic E-state index is 12.9. The van der Waals surface area contributed by atoms with Crippen LogP contribution >= 0.6 is 23.4 Å². The number of nitrogens with zero attached hydrogens (tertiary/aromatic N) is 5. The summed E-state index contributed by atoms with van der Waals surface area (Å²) in [6, 6.07) is 16.8. The van der Waals surface area contributed by atoms with Gasteiger partial charge in [0.05, 0.1) is 5.75 Å². The molecule has 1 aromatic carbocycles. The Labute approximate surface area is 214 Å². The van der Waals surface area contributed by atoms with Gasteiger partial charge in [-0.25, -0.2) is 9.97 Å². The van der Waals surface area contributed by atoms with Crippen molar-refractivity contribution in [3.05, 3.63) is 77.2 Å². The van der Waals surface area contributed by atoms with Crippen molar-refractivity contribution < 1.29 is 9.59 Å². The van der Waals surface area contributed by atoms with Crippen LogP contribution in [0.3, 0.4) is 0 Å². The van der Waals surface area contributed by atoms with Crippen molar-refractivity contribution in [2.45, 2.75) is 24.5 Å². The molecule has 0 saturated carbocycles. The van der Waals surface area contributed by atoms with E-state index in [0.29, 0.717) is 54.3 Å². The molecule has 1 fully saturated rings. The predicted molar refractivity (Wildman–Crippen MR) is 138 cm³/mol. The number of carbonyl (C=O) groups excluding carboxylic acids is 2. The molecule has 8 nitrogen and oxygen atoms in total. The number of aromatic nitrogens is 3. The van der Waals surface area contributed by atoms with Crippen molar-refractivity contribution in [3.63, 3.8) is 0 Å². The van der Waals surface area contributed by atoms with Crippen LogP contribution in [0, 0.1) is 0 Å². The molecule has 3 aromatic rings. The number of anilines is 1. The highest BCUT2D eigenvalue weighted by Gasteiger charge is 2.29. The van der Waals surface area contributed by atoms with Gasteiger partial charge in [0.15, 0.2) is 5.16 Å². The van der Waals surface area contributed by atoms with Crippen LogP contribution in [-0.2, 0) is 11.2 Å². The van der Waals surface area contributed by atoms with E-state index in [4.69, 9.17) is 11.6 Å². The summed E-state index contributed by atoms with van der Waals surface area (Å²) >= 11 is 7.51. The summed E-state index contributed by atoms with van der Waals surface area (Å²) in [6.07, 6.45) is 2.41. The summed E-state index contributed by atoms with van der Waals surface area (Å²) in [6.45, 7) is 4.39. The van der Waals surface area contributed by atoms with E-state index in [1.807, 2.05) is 60.4 Å². The van der Waals surface area contributed by atoms with Crippen LogP contribution in [-0.4, -0.2) is 69.6 Å². The van der Waals surface area contributed by atoms with E-state index in [0.717, 1.165) is 5.69 Å². The molecule has 1 aliphatic rings. The number of benzene rings is 1. The zero-order chi connectivity index (χ0) is 24.6. The van der Waals surface area contributed by atoms with Crippen molar-refractivity contribution in [2.24, 2.45) is 0 Å². The summed E-state index contributed by atoms with van der Waals surface area (Å²) in [4.78, 5) is 42.3. The summed E-state index contributed by atoms with van der Waals surface area (Å²) in [5, 5.41) is 3.66. The number of pyridine rings is 1. The lowest BCUT2D eigenvalue weighted by molar-refractivity contribution is -0.118. The Morgan fingerprint density at radius 2 is 1.91 bits per heavy atom. The fourth-order valence-electron chi connectivity index (χ4n) is 3.88. The average molecular weight is 511 g/mol. The van der Waals surface area contributed by atoms with Gasteiger partial charge in [0.25, 0.3) is 5.91 Å². The van der Waals surface area contributed by atoms with E-state index < -0.39 is 0 Å². The Kier molecular flexibility index (Phi) is 8.54. The molecular formula is C25H27ClN6O2S. The van der Waals surface area contributed by atoms with Gasteiger partial charge in [-0.3, -0.25) is 14.6 Å². The number of piperazine rings is 1.